The van der Waals surface area contributed by atoms with Gasteiger partial charge >= 0.3 is 0 Å². The van der Waals surface area contributed by atoms with Crippen molar-refractivity contribution in [3.05, 3.63) is 71.8 Å². The zero-order valence-corrected chi connectivity index (χ0v) is 11.0. The van der Waals surface area contributed by atoms with Crippen LogP contribution >= 0.6 is 0 Å². The monoisotopic (exact) mass is 254 g/mol. The van der Waals surface area contributed by atoms with Gasteiger partial charge in [-0.1, -0.05) is 67.6 Å². The average molecular weight is 254 g/mol. The van der Waals surface area contributed by atoms with Crippen molar-refractivity contribution in [2.75, 3.05) is 0 Å². The fraction of sp³-hybridized carbons (Fsp3) is 0.235. The number of carbonyl (C=O) groups is 1. The highest BCUT2D eigenvalue weighted by atomic mass is 16.3. The normalized spacial score (nSPS) is 13.8. The summed E-state index contributed by atoms with van der Waals surface area (Å²) in [4.78, 5) is 12.2. The van der Waals surface area contributed by atoms with Gasteiger partial charge in [-0.2, -0.15) is 0 Å². The minimum atomic E-state index is -1.09. The molecule has 1 atom stereocenters. The Morgan fingerprint density at radius 1 is 1.00 bits per heavy atom. The maximum Gasteiger partial charge on any atom is 0.166 e. The molecule has 0 radical (unpaired) electrons. The standard InChI is InChI=1S/C17H18O2/c1-2-17(19,15-11-7-4-8-12-15)13-16(18)14-9-5-3-6-10-14/h3-12,19H,2,13H2,1H3. The molecule has 2 aromatic rings. The van der Waals surface area contributed by atoms with Crippen LogP contribution in [0.4, 0.5) is 0 Å². The molecule has 0 spiro atoms. The van der Waals surface area contributed by atoms with E-state index in [0.29, 0.717) is 12.0 Å². The van der Waals surface area contributed by atoms with Crippen LogP contribution in [0.5, 0.6) is 0 Å². The van der Waals surface area contributed by atoms with Crippen molar-refractivity contribution in [1.82, 2.24) is 0 Å². The van der Waals surface area contributed by atoms with Crippen LogP contribution < -0.4 is 0 Å². The van der Waals surface area contributed by atoms with Crippen LogP contribution in [0.25, 0.3) is 0 Å². The van der Waals surface area contributed by atoms with Gasteiger partial charge in [-0.15, -0.1) is 0 Å². The van der Waals surface area contributed by atoms with E-state index in [-0.39, 0.29) is 12.2 Å². The molecule has 0 amide bonds. The minimum Gasteiger partial charge on any atom is -0.385 e. The Labute approximate surface area is 113 Å². The highest BCUT2D eigenvalue weighted by molar-refractivity contribution is 5.96. The van der Waals surface area contributed by atoms with Crippen LogP contribution in [0, 0.1) is 0 Å². The largest absolute Gasteiger partial charge is 0.385 e. The number of rotatable bonds is 5. The molecule has 0 aliphatic rings. The molecule has 0 aliphatic carbocycles. The number of carbonyl (C=O) groups excluding carboxylic acids is 1. The van der Waals surface area contributed by atoms with Gasteiger partial charge in [-0.3, -0.25) is 4.79 Å². The van der Waals surface area contributed by atoms with E-state index in [9.17, 15) is 9.90 Å². The van der Waals surface area contributed by atoms with E-state index in [1.165, 1.54) is 0 Å². The first kappa shape index (κ1) is 13.5. The predicted molar refractivity (Wildman–Crippen MR) is 76.0 cm³/mol. The maximum absolute atomic E-state index is 12.2. The summed E-state index contributed by atoms with van der Waals surface area (Å²) in [6.07, 6.45) is 0.618. The molecule has 2 rings (SSSR count). The Bertz CT molecular complexity index is 534. The van der Waals surface area contributed by atoms with E-state index in [2.05, 4.69) is 0 Å². The summed E-state index contributed by atoms with van der Waals surface area (Å²) in [5.41, 5.74) is 0.348. The summed E-state index contributed by atoms with van der Waals surface area (Å²) in [5.74, 6) is -0.0335. The van der Waals surface area contributed by atoms with Crippen molar-refractivity contribution in [1.29, 1.82) is 0 Å². The molecule has 0 fully saturated rings. The molecule has 1 N–H and O–H groups in total. The molecule has 0 bridgehead atoms. The van der Waals surface area contributed by atoms with Crippen molar-refractivity contribution in [3.63, 3.8) is 0 Å². The third kappa shape index (κ3) is 3.09. The maximum atomic E-state index is 12.2. The Morgan fingerprint density at radius 2 is 1.53 bits per heavy atom. The Hall–Kier alpha value is -1.93. The molecule has 2 nitrogen and oxygen atoms in total. The third-order valence-corrected chi connectivity index (χ3v) is 3.44. The van der Waals surface area contributed by atoms with Crippen molar-refractivity contribution < 1.29 is 9.90 Å². The lowest BCUT2D eigenvalue weighted by Gasteiger charge is -2.26. The molecule has 1 unspecified atom stereocenters. The van der Waals surface area contributed by atoms with Gasteiger partial charge in [0, 0.05) is 12.0 Å². The molecule has 0 saturated heterocycles. The first-order valence-electron chi connectivity index (χ1n) is 6.52. The van der Waals surface area contributed by atoms with Crippen LogP contribution in [0.2, 0.25) is 0 Å². The molecule has 2 heteroatoms. The van der Waals surface area contributed by atoms with Gasteiger partial charge < -0.3 is 5.11 Å². The predicted octanol–water partition coefficient (Wildman–Crippen LogP) is 3.56. The molecule has 98 valence electrons. The van der Waals surface area contributed by atoms with Gasteiger partial charge in [-0.05, 0) is 12.0 Å². The zero-order valence-electron chi connectivity index (χ0n) is 11.0. The highest BCUT2D eigenvalue weighted by Gasteiger charge is 2.30. The molecule has 2 aromatic carbocycles. The number of aliphatic hydroxyl groups is 1. The summed E-state index contributed by atoms with van der Waals surface area (Å²) in [5, 5.41) is 10.7. The summed E-state index contributed by atoms with van der Waals surface area (Å²) >= 11 is 0. The van der Waals surface area contributed by atoms with Crippen LogP contribution in [0.1, 0.15) is 35.7 Å². The number of hydrogen-bond donors (Lipinski definition) is 1. The molecule has 0 aliphatic heterocycles. The van der Waals surface area contributed by atoms with Crippen molar-refractivity contribution in [2.24, 2.45) is 0 Å². The van der Waals surface area contributed by atoms with Gasteiger partial charge in [0.25, 0.3) is 0 Å². The highest BCUT2D eigenvalue weighted by Crippen LogP contribution is 2.29. The smallest absolute Gasteiger partial charge is 0.166 e. The molecule has 0 heterocycles. The SMILES string of the molecule is CCC(O)(CC(=O)c1ccccc1)c1ccccc1. The molecular weight excluding hydrogens is 236 g/mol. The van der Waals surface area contributed by atoms with E-state index < -0.39 is 5.60 Å². The lowest BCUT2D eigenvalue weighted by Crippen LogP contribution is -2.28. The van der Waals surface area contributed by atoms with Gasteiger partial charge in [0.05, 0.1) is 5.60 Å². The second-order valence-corrected chi connectivity index (χ2v) is 4.72. The van der Waals surface area contributed by atoms with Crippen LogP contribution in [-0.2, 0) is 5.60 Å². The number of hydrogen-bond acceptors (Lipinski definition) is 2. The molecule has 0 saturated carbocycles. The van der Waals surface area contributed by atoms with E-state index in [1.54, 1.807) is 12.1 Å². The van der Waals surface area contributed by atoms with E-state index in [0.717, 1.165) is 5.56 Å². The lowest BCUT2D eigenvalue weighted by molar-refractivity contribution is 0.0240. The zero-order chi connectivity index (χ0) is 13.7. The molecule has 0 aromatic heterocycles. The van der Waals surface area contributed by atoms with Gasteiger partial charge in [0.1, 0.15) is 0 Å². The number of benzene rings is 2. The van der Waals surface area contributed by atoms with Crippen molar-refractivity contribution >= 4 is 5.78 Å². The topological polar surface area (TPSA) is 37.3 Å². The Balaban J connectivity index is 2.22. The second-order valence-electron chi connectivity index (χ2n) is 4.72. The fourth-order valence-electron chi connectivity index (χ4n) is 2.17. The Kier molecular flexibility index (Phi) is 4.13. The first-order valence-corrected chi connectivity index (χ1v) is 6.52. The van der Waals surface area contributed by atoms with Gasteiger partial charge in [-0.25, -0.2) is 0 Å². The van der Waals surface area contributed by atoms with E-state index in [1.807, 2.05) is 55.5 Å². The number of ketones is 1. The molecular formula is C17H18O2. The molecule has 19 heavy (non-hydrogen) atoms. The van der Waals surface area contributed by atoms with Crippen molar-refractivity contribution in [3.8, 4) is 0 Å². The second kappa shape index (κ2) is 5.81. The van der Waals surface area contributed by atoms with Crippen molar-refractivity contribution in [2.45, 2.75) is 25.4 Å². The van der Waals surface area contributed by atoms with E-state index in [4.69, 9.17) is 0 Å². The van der Waals surface area contributed by atoms with Crippen LogP contribution in [0.15, 0.2) is 60.7 Å². The summed E-state index contributed by atoms with van der Waals surface area (Å²) in [7, 11) is 0. The summed E-state index contributed by atoms with van der Waals surface area (Å²) < 4.78 is 0. The van der Waals surface area contributed by atoms with E-state index >= 15 is 0 Å². The summed E-state index contributed by atoms with van der Waals surface area (Å²) in [6.45, 7) is 1.89. The first-order chi connectivity index (χ1) is 9.15. The van der Waals surface area contributed by atoms with Gasteiger partial charge in [0.2, 0.25) is 0 Å². The van der Waals surface area contributed by atoms with Crippen LogP contribution in [0.3, 0.4) is 0 Å². The number of Topliss-reactive ketones (excluding diaryl/α,β-unsaturated/α-hetero) is 1. The lowest BCUT2D eigenvalue weighted by atomic mass is 9.85. The Morgan fingerprint density at radius 3 is 2.05 bits per heavy atom. The van der Waals surface area contributed by atoms with Gasteiger partial charge in [0.15, 0.2) is 5.78 Å². The quantitative estimate of drug-likeness (QED) is 0.828. The van der Waals surface area contributed by atoms with Crippen LogP contribution in [-0.4, -0.2) is 10.9 Å². The average Bonchev–Trinajstić information content (AvgIpc) is 2.49. The fourth-order valence-corrected chi connectivity index (χ4v) is 2.17. The third-order valence-electron chi connectivity index (χ3n) is 3.44. The summed E-state index contributed by atoms with van der Waals surface area (Å²) in [6, 6.07) is 18.5. The minimum absolute atomic E-state index is 0.0335.